The van der Waals surface area contributed by atoms with Crippen molar-refractivity contribution in [3.63, 3.8) is 0 Å². The molecule has 1 saturated heterocycles. The summed E-state index contributed by atoms with van der Waals surface area (Å²) in [6, 6.07) is 0. The summed E-state index contributed by atoms with van der Waals surface area (Å²) in [6.45, 7) is 7.29. The summed E-state index contributed by atoms with van der Waals surface area (Å²) in [6.07, 6.45) is 1.63. The van der Waals surface area contributed by atoms with Crippen LogP contribution in [0.5, 0.6) is 0 Å². The van der Waals surface area contributed by atoms with Gasteiger partial charge in [-0.2, -0.15) is 0 Å². The lowest BCUT2D eigenvalue weighted by Gasteiger charge is -2.32. The topological polar surface area (TPSA) is 47.6 Å². The molecule has 5 nitrogen and oxygen atoms in total. The predicted octanol–water partition coefficient (Wildman–Crippen LogP) is -0.650. The number of hydrogen-bond acceptors (Lipinski definition) is 4. The van der Waals surface area contributed by atoms with Crippen molar-refractivity contribution in [3.05, 3.63) is 0 Å². The zero-order valence-corrected chi connectivity index (χ0v) is 11.2. The van der Waals surface area contributed by atoms with Crippen LogP contribution in [-0.4, -0.2) is 75.6 Å². The molecule has 17 heavy (non-hydrogen) atoms. The summed E-state index contributed by atoms with van der Waals surface area (Å²) >= 11 is 0. The fourth-order valence-corrected chi connectivity index (χ4v) is 1.93. The van der Waals surface area contributed by atoms with Crippen molar-refractivity contribution in [1.82, 2.24) is 20.4 Å². The highest BCUT2D eigenvalue weighted by Gasteiger charge is 2.12. The van der Waals surface area contributed by atoms with E-state index in [1.54, 1.807) is 0 Å². The van der Waals surface area contributed by atoms with Crippen LogP contribution in [0, 0.1) is 0 Å². The molecule has 1 aliphatic heterocycles. The Bertz CT molecular complexity index is 215. The largest absolute Gasteiger partial charge is 0.356 e. The van der Waals surface area contributed by atoms with Gasteiger partial charge in [0.05, 0.1) is 0 Å². The minimum atomic E-state index is 0.151. The second-order valence-corrected chi connectivity index (χ2v) is 4.70. The lowest BCUT2D eigenvalue weighted by atomic mass is 10.3. The number of amides is 1. The highest BCUT2D eigenvalue weighted by molar-refractivity contribution is 5.75. The van der Waals surface area contributed by atoms with Gasteiger partial charge in [-0.1, -0.05) is 0 Å². The lowest BCUT2D eigenvalue weighted by molar-refractivity contribution is -0.121. The van der Waals surface area contributed by atoms with Gasteiger partial charge < -0.3 is 20.4 Å². The van der Waals surface area contributed by atoms with Gasteiger partial charge in [-0.05, 0) is 27.1 Å². The molecule has 0 atom stereocenters. The van der Waals surface area contributed by atoms with Crippen molar-refractivity contribution in [3.8, 4) is 0 Å². The third-order valence-corrected chi connectivity index (χ3v) is 3.17. The van der Waals surface area contributed by atoms with E-state index in [1.165, 1.54) is 0 Å². The molecule has 0 aliphatic carbocycles. The van der Waals surface area contributed by atoms with Gasteiger partial charge in [-0.3, -0.25) is 4.79 Å². The molecule has 0 aromatic rings. The normalized spacial score (nSPS) is 18.2. The molecule has 2 N–H and O–H groups in total. The maximum atomic E-state index is 11.3. The van der Waals surface area contributed by atoms with Crippen LogP contribution in [0.1, 0.15) is 12.8 Å². The first kappa shape index (κ1) is 14.4. The SMILES string of the molecule is CNCCC(=O)NCCCN1CCN(C)CC1. The molecular formula is C12H26N4O. The van der Waals surface area contributed by atoms with E-state index in [2.05, 4.69) is 27.5 Å². The fraction of sp³-hybridized carbons (Fsp3) is 0.917. The van der Waals surface area contributed by atoms with Crippen LogP contribution in [-0.2, 0) is 4.79 Å². The Hall–Kier alpha value is -0.650. The van der Waals surface area contributed by atoms with E-state index in [-0.39, 0.29) is 5.91 Å². The molecule has 0 aromatic heterocycles. The number of nitrogens with one attached hydrogen (secondary N) is 2. The quantitative estimate of drug-likeness (QED) is 0.583. The standard InChI is InChI=1S/C12H26N4O/c1-13-6-4-12(17)14-5-3-7-16-10-8-15(2)9-11-16/h13H,3-11H2,1-2H3,(H,14,17). The summed E-state index contributed by atoms with van der Waals surface area (Å²) in [5.41, 5.74) is 0. The third kappa shape index (κ3) is 6.61. The van der Waals surface area contributed by atoms with Gasteiger partial charge in [0.15, 0.2) is 0 Å². The highest BCUT2D eigenvalue weighted by Crippen LogP contribution is 1.99. The lowest BCUT2D eigenvalue weighted by Crippen LogP contribution is -2.45. The summed E-state index contributed by atoms with van der Waals surface area (Å²) < 4.78 is 0. The molecule has 1 heterocycles. The first-order valence-electron chi connectivity index (χ1n) is 6.54. The summed E-state index contributed by atoms with van der Waals surface area (Å²) in [5.74, 6) is 0.151. The minimum Gasteiger partial charge on any atom is -0.356 e. The third-order valence-electron chi connectivity index (χ3n) is 3.17. The van der Waals surface area contributed by atoms with E-state index in [0.717, 1.165) is 52.2 Å². The number of rotatable bonds is 7. The van der Waals surface area contributed by atoms with Crippen LogP contribution in [0.2, 0.25) is 0 Å². The van der Waals surface area contributed by atoms with Crippen LogP contribution in [0.15, 0.2) is 0 Å². The number of carbonyl (C=O) groups is 1. The van der Waals surface area contributed by atoms with Crippen molar-refractivity contribution in [1.29, 1.82) is 0 Å². The van der Waals surface area contributed by atoms with Crippen molar-refractivity contribution in [2.45, 2.75) is 12.8 Å². The van der Waals surface area contributed by atoms with Gasteiger partial charge >= 0.3 is 0 Å². The smallest absolute Gasteiger partial charge is 0.221 e. The van der Waals surface area contributed by atoms with Crippen LogP contribution in [0.3, 0.4) is 0 Å². The Balaban J connectivity index is 1.95. The van der Waals surface area contributed by atoms with E-state index in [9.17, 15) is 4.79 Å². The van der Waals surface area contributed by atoms with Crippen LogP contribution in [0.25, 0.3) is 0 Å². The second-order valence-electron chi connectivity index (χ2n) is 4.70. The zero-order valence-electron chi connectivity index (χ0n) is 11.2. The van der Waals surface area contributed by atoms with E-state index >= 15 is 0 Å². The van der Waals surface area contributed by atoms with Crippen molar-refractivity contribution >= 4 is 5.91 Å². The monoisotopic (exact) mass is 242 g/mol. The van der Waals surface area contributed by atoms with Gasteiger partial charge in [-0.25, -0.2) is 0 Å². The molecule has 1 fully saturated rings. The molecule has 0 unspecified atom stereocenters. The van der Waals surface area contributed by atoms with E-state index < -0.39 is 0 Å². The molecule has 1 aliphatic rings. The Morgan fingerprint density at radius 3 is 2.53 bits per heavy atom. The number of carbonyl (C=O) groups excluding carboxylic acids is 1. The fourth-order valence-electron chi connectivity index (χ4n) is 1.93. The van der Waals surface area contributed by atoms with Gasteiger partial charge in [-0.15, -0.1) is 0 Å². The Morgan fingerprint density at radius 2 is 1.88 bits per heavy atom. The molecular weight excluding hydrogens is 216 g/mol. The van der Waals surface area contributed by atoms with Gasteiger partial charge in [0.25, 0.3) is 0 Å². The molecule has 0 radical (unpaired) electrons. The van der Waals surface area contributed by atoms with Crippen LogP contribution < -0.4 is 10.6 Å². The minimum absolute atomic E-state index is 0.151. The van der Waals surface area contributed by atoms with Crippen LogP contribution in [0.4, 0.5) is 0 Å². The molecule has 0 aromatic carbocycles. The molecule has 5 heteroatoms. The number of likely N-dealkylation sites (N-methyl/N-ethyl adjacent to an activating group) is 1. The molecule has 1 amide bonds. The van der Waals surface area contributed by atoms with Crippen molar-refractivity contribution < 1.29 is 4.79 Å². The molecule has 0 bridgehead atoms. The van der Waals surface area contributed by atoms with Gasteiger partial charge in [0.1, 0.15) is 0 Å². The molecule has 0 saturated carbocycles. The van der Waals surface area contributed by atoms with Crippen LogP contribution >= 0.6 is 0 Å². The number of nitrogens with zero attached hydrogens (tertiary/aromatic N) is 2. The highest BCUT2D eigenvalue weighted by atomic mass is 16.1. The maximum Gasteiger partial charge on any atom is 0.221 e. The Kier molecular flexibility index (Phi) is 7.16. The van der Waals surface area contributed by atoms with E-state index in [4.69, 9.17) is 0 Å². The molecule has 1 rings (SSSR count). The average molecular weight is 242 g/mol. The number of piperazine rings is 1. The molecule has 0 spiro atoms. The van der Waals surface area contributed by atoms with E-state index in [1.807, 2.05) is 7.05 Å². The van der Waals surface area contributed by atoms with Crippen molar-refractivity contribution in [2.24, 2.45) is 0 Å². The second kappa shape index (κ2) is 8.44. The first-order valence-corrected chi connectivity index (χ1v) is 6.54. The average Bonchev–Trinajstić information content (AvgIpc) is 2.34. The van der Waals surface area contributed by atoms with Gasteiger partial charge in [0.2, 0.25) is 5.91 Å². The first-order chi connectivity index (χ1) is 8.22. The van der Waals surface area contributed by atoms with Gasteiger partial charge in [0, 0.05) is 45.7 Å². The summed E-state index contributed by atoms with van der Waals surface area (Å²) in [5, 5.41) is 5.92. The predicted molar refractivity (Wildman–Crippen MR) is 70.1 cm³/mol. The Labute approximate surface area is 105 Å². The summed E-state index contributed by atoms with van der Waals surface area (Å²) in [7, 11) is 4.03. The summed E-state index contributed by atoms with van der Waals surface area (Å²) in [4.78, 5) is 16.2. The maximum absolute atomic E-state index is 11.3. The number of hydrogen-bond donors (Lipinski definition) is 2. The Morgan fingerprint density at radius 1 is 1.18 bits per heavy atom. The van der Waals surface area contributed by atoms with Crippen molar-refractivity contribution in [2.75, 3.05) is 59.9 Å². The van der Waals surface area contributed by atoms with E-state index in [0.29, 0.717) is 6.42 Å². The molecule has 100 valence electrons. The zero-order chi connectivity index (χ0) is 12.5.